The summed E-state index contributed by atoms with van der Waals surface area (Å²) in [5.41, 5.74) is 0.228. The fraction of sp³-hybridized carbons (Fsp3) is 0.100. The summed E-state index contributed by atoms with van der Waals surface area (Å²) in [5.74, 6) is 3.47. The first-order chi connectivity index (χ1) is 6.15. The Morgan fingerprint density at radius 3 is 2.77 bits per heavy atom. The molecule has 2 nitrogen and oxygen atoms in total. The molecule has 0 aromatic heterocycles. The lowest BCUT2D eigenvalue weighted by atomic mass is 10.1. The highest BCUT2D eigenvalue weighted by Crippen LogP contribution is 2.09. The van der Waals surface area contributed by atoms with E-state index in [0.717, 1.165) is 12.1 Å². The lowest BCUT2D eigenvalue weighted by molar-refractivity contribution is 0.0696. The highest BCUT2D eigenvalue weighted by molar-refractivity contribution is 5.90. The summed E-state index contributed by atoms with van der Waals surface area (Å²) < 4.78 is 12.7. The maximum absolute atomic E-state index is 12.7. The molecular formula is C10H7FO2. The van der Waals surface area contributed by atoms with Gasteiger partial charge in [0, 0.05) is 5.56 Å². The zero-order chi connectivity index (χ0) is 9.84. The lowest BCUT2D eigenvalue weighted by Gasteiger charge is -1.97. The first kappa shape index (κ1) is 9.27. The fourth-order valence-corrected chi connectivity index (χ4v) is 0.941. The average Bonchev–Trinajstić information content (AvgIpc) is 2.04. The van der Waals surface area contributed by atoms with Crippen molar-refractivity contribution in [3.63, 3.8) is 0 Å². The Kier molecular flexibility index (Phi) is 2.65. The number of carbonyl (C=O) groups is 1. The van der Waals surface area contributed by atoms with Gasteiger partial charge in [0.1, 0.15) is 5.82 Å². The van der Waals surface area contributed by atoms with Crippen LogP contribution in [0.1, 0.15) is 22.8 Å². The molecule has 1 aromatic rings. The topological polar surface area (TPSA) is 37.3 Å². The van der Waals surface area contributed by atoms with Gasteiger partial charge >= 0.3 is 5.97 Å². The summed E-state index contributed by atoms with van der Waals surface area (Å²) in [5, 5.41) is 8.69. The van der Waals surface area contributed by atoms with Crippen molar-refractivity contribution in [2.75, 3.05) is 0 Å². The normalized spacial score (nSPS) is 8.77. The van der Waals surface area contributed by atoms with Crippen molar-refractivity contribution in [3.05, 3.63) is 35.1 Å². The van der Waals surface area contributed by atoms with Crippen molar-refractivity contribution in [1.82, 2.24) is 0 Å². The summed E-state index contributed by atoms with van der Waals surface area (Å²) in [6.45, 7) is 1.57. The monoisotopic (exact) mass is 178 g/mol. The van der Waals surface area contributed by atoms with Crippen LogP contribution in [0.3, 0.4) is 0 Å². The largest absolute Gasteiger partial charge is 0.478 e. The Hall–Kier alpha value is -1.82. The molecule has 0 amide bonds. The molecule has 0 heterocycles. The SMILES string of the molecule is CC#Cc1cc(F)ccc1C(=O)O. The summed E-state index contributed by atoms with van der Waals surface area (Å²) >= 11 is 0. The lowest BCUT2D eigenvalue weighted by Crippen LogP contribution is -2.00. The van der Waals surface area contributed by atoms with Crippen LogP contribution in [0, 0.1) is 17.7 Å². The third kappa shape index (κ3) is 2.06. The molecule has 0 aliphatic heterocycles. The molecule has 0 aliphatic rings. The minimum absolute atomic E-state index is 0.0238. The first-order valence-corrected chi connectivity index (χ1v) is 3.60. The second-order valence-corrected chi connectivity index (χ2v) is 2.37. The molecule has 0 fully saturated rings. The van der Waals surface area contributed by atoms with Gasteiger partial charge in [-0.15, -0.1) is 5.92 Å². The highest BCUT2D eigenvalue weighted by atomic mass is 19.1. The molecule has 0 saturated carbocycles. The molecule has 1 aromatic carbocycles. The van der Waals surface area contributed by atoms with Crippen LogP contribution in [-0.4, -0.2) is 11.1 Å². The van der Waals surface area contributed by atoms with E-state index in [2.05, 4.69) is 11.8 Å². The number of hydrogen-bond acceptors (Lipinski definition) is 1. The fourth-order valence-electron chi connectivity index (χ4n) is 0.941. The van der Waals surface area contributed by atoms with E-state index in [1.165, 1.54) is 6.07 Å². The summed E-state index contributed by atoms with van der Waals surface area (Å²) in [6, 6.07) is 3.42. The van der Waals surface area contributed by atoms with Gasteiger partial charge in [0.2, 0.25) is 0 Å². The van der Waals surface area contributed by atoms with E-state index in [0.29, 0.717) is 0 Å². The second-order valence-electron chi connectivity index (χ2n) is 2.37. The van der Waals surface area contributed by atoms with Crippen LogP contribution < -0.4 is 0 Å². The van der Waals surface area contributed by atoms with Crippen molar-refractivity contribution >= 4 is 5.97 Å². The molecule has 1 N–H and O–H groups in total. The van der Waals surface area contributed by atoms with Crippen molar-refractivity contribution in [2.24, 2.45) is 0 Å². The van der Waals surface area contributed by atoms with Gasteiger partial charge in [0.25, 0.3) is 0 Å². The van der Waals surface area contributed by atoms with Crippen molar-refractivity contribution in [2.45, 2.75) is 6.92 Å². The number of carboxylic acid groups (broad SMARTS) is 1. The molecular weight excluding hydrogens is 171 g/mol. The van der Waals surface area contributed by atoms with Gasteiger partial charge < -0.3 is 5.11 Å². The van der Waals surface area contributed by atoms with E-state index in [4.69, 9.17) is 5.11 Å². The molecule has 13 heavy (non-hydrogen) atoms. The Balaban J connectivity index is 3.32. The predicted molar refractivity (Wildman–Crippen MR) is 45.9 cm³/mol. The summed E-state index contributed by atoms with van der Waals surface area (Å²) in [6.07, 6.45) is 0. The molecule has 0 bridgehead atoms. The van der Waals surface area contributed by atoms with E-state index in [1.807, 2.05) is 0 Å². The van der Waals surface area contributed by atoms with Crippen LogP contribution in [0.4, 0.5) is 4.39 Å². The van der Waals surface area contributed by atoms with Crippen LogP contribution >= 0.6 is 0 Å². The smallest absolute Gasteiger partial charge is 0.336 e. The van der Waals surface area contributed by atoms with Gasteiger partial charge in [-0.3, -0.25) is 0 Å². The van der Waals surface area contributed by atoms with Gasteiger partial charge in [-0.2, -0.15) is 0 Å². The number of hydrogen-bond donors (Lipinski definition) is 1. The summed E-state index contributed by atoms with van der Waals surface area (Å²) in [4.78, 5) is 10.6. The van der Waals surface area contributed by atoms with Gasteiger partial charge in [0.15, 0.2) is 0 Å². The predicted octanol–water partition coefficient (Wildman–Crippen LogP) is 1.90. The quantitative estimate of drug-likeness (QED) is 0.667. The van der Waals surface area contributed by atoms with Crippen LogP contribution in [0.15, 0.2) is 18.2 Å². The minimum atomic E-state index is -1.10. The van der Waals surface area contributed by atoms with Crippen molar-refractivity contribution in [3.8, 4) is 11.8 Å². The van der Waals surface area contributed by atoms with E-state index < -0.39 is 11.8 Å². The second kappa shape index (κ2) is 3.72. The van der Waals surface area contributed by atoms with E-state index in [9.17, 15) is 9.18 Å². The molecule has 0 unspecified atom stereocenters. The zero-order valence-corrected chi connectivity index (χ0v) is 6.97. The molecule has 66 valence electrons. The standard InChI is InChI=1S/C10H7FO2/c1-2-3-7-6-8(11)4-5-9(7)10(12)13/h4-6H,1H3,(H,12,13). The first-order valence-electron chi connectivity index (χ1n) is 3.60. The van der Waals surface area contributed by atoms with Crippen LogP contribution in [0.25, 0.3) is 0 Å². The van der Waals surface area contributed by atoms with Gasteiger partial charge in [0.05, 0.1) is 5.56 Å². The maximum atomic E-state index is 12.7. The Bertz CT molecular complexity index is 399. The van der Waals surface area contributed by atoms with Gasteiger partial charge in [-0.05, 0) is 25.1 Å². The zero-order valence-electron chi connectivity index (χ0n) is 6.97. The summed E-state index contributed by atoms with van der Waals surface area (Å²) in [7, 11) is 0. The van der Waals surface area contributed by atoms with Crippen LogP contribution in [0.5, 0.6) is 0 Å². The molecule has 0 aliphatic carbocycles. The van der Waals surface area contributed by atoms with E-state index >= 15 is 0 Å². The number of carboxylic acids is 1. The Morgan fingerprint density at radius 2 is 2.23 bits per heavy atom. The van der Waals surface area contributed by atoms with E-state index in [1.54, 1.807) is 6.92 Å². The molecule has 0 saturated heterocycles. The van der Waals surface area contributed by atoms with Crippen LogP contribution in [-0.2, 0) is 0 Å². The Labute approximate surface area is 75.0 Å². The van der Waals surface area contributed by atoms with Crippen LogP contribution in [0.2, 0.25) is 0 Å². The number of halogens is 1. The molecule has 0 spiro atoms. The molecule has 0 atom stereocenters. The number of aromatic carboxylic acids is 1. The highest BCUT2D eigenvalue weighted by Gasteiger charge is 2.08. The third-order valence-corrected chi connectivity index (χ3v) is 1.47. The molecule has 1 rings (SSSR count). The maximum Gasteiger partial charge on any atom is 0.336 e. The van der Waals surface area contributed by atoms with Crippen molar-refractivity contribution < 1.29 is 14.3 Å². The number of rotatable bonds is 1. The van der Waals surface area contributed by atoms with Crippen molar-refractivity contribution in [1.29, 1.82) is 0 Å². The molecule has 0 radical (unpaired) electrons. The number of benzene rings is 1. The average molecular weight is 178 g/mol. The van der Waals surface area contributed by atoms with Gasteiger partial charge in [-0.25, -0.2) is 9.18 Å². The Morgan fingerprint density at radius 1 is 1.54 bits per heavy atom. The molecule has 3 heteroatoms. The van der Waals surface area contributed by atoms with Gasteiger partial charge in [-0.1, -0.05) is 5.92 Å². The van der Waals surface area contributed by atoms with E-state index in [-0.39, 0.29) is 11.1 Å². The third-order valence-electron chi connectivity index (χ3n) is 1.47. The minimum Gasteiger partial charge on any atom is -0.478 e.